The first-order chi connectivity index (χ1) is 13.3. The van der Waals surface area contributed by atoms with Gasteiger partial charge in [-0.2, -0.15) is 0 Å². The third-order valence-electron chi connectivity index (χ3n) is 6.42. The van der Waals surface area contributed by atoms with E-state index < -0.39 is 5.60 Å². The molecule has 2 atom stereocenters. The fourth-order valence-corrected chi connectivity index (χ4v) is 4.62. The minimum absolute atomic E-state index is 0.198. The molecule has 0 spiro atoms. The second-order valence-corrected chi connectivity index (χ2v) is 9.20. The van der Waals surface area contributed by atoms with Gasteiger partial charge >= 0.3 is 0 Å². The molecule has 3 rings (SSSR count). The van der Waals surface area contributed by atoms with Gasteiger partial charge in [-0.3, -0.25) is 4.90 Å². The third-order valence-corrected chi connectivity index (χ3v) is 6.71. The molecular formula is C23H34ClFN2O. The number of aryl methyl sites for hydroxylation is 1. The average molecular weight is 409 g/mol. The van der Waals surface area contributed by atoms with Crippen LogP contribution in [-0.4, -0.2) is 39.8 Å². The molecule has 1 aliphatic heterocycles. The van der Waals surface area contributed by atoms with Gasteiger partial charge < -0.3 is 9.67 Å². The van der Waals surface area contributed by atoms with Gasteiger partial charge in [-0.1, -0.05) is 38.8 Å². The van der Waals surface area contributed by atoms with E-state index in [4.69, 9.17) is 11.6 Å². The predicted molar refractivity (Wildman–Crippen MR) is 116 cm³/mol. The van der Waals surface area contributed by atoms with Crippen molar-refractivity contribution in [1.82, 2.24) is 9.47 Å². The fourth-order valence-electron chi connectivity index (χ4n) is 4.46. The maximum Gasteiger partial charge on any atom is 0.143 e. The van der Waals surface area contributed by atoms with Crippen molar-refractivity contribution in [3.05, 3.63) is 34.2 Å². The quantitative estimate of drug-likeness (QED) is 0.630. The number of fused-ring (bicyclic) bond motifs is 1. The second kappa shape index (κ2) is 8.73. The molecule has 1 aromatic heterocycles. The molecule has 1 aromatic carbocycles. The first-order valence-corrected chi connectivity index (χ1v) is 11.1. The van der Waals surface area contributed by atoms with Gasteiger partial charge in [-0.15, -0.1) is 0 Å². The standard InChI is InChI=1S/C23H34ClFN2O/c1-5-16(3)7-8-21-17(6-2)18-13-19(24)20(25)14-22(18)27(21)12-11-26-10-9-23(4,28)15-26/h13-14,16,28H,5-12,15H2,1-4H3. The Labute approximate surface area is 173 Å². The fraction of sp³-hybridized carbons (Fsp3) is 0.652. The lowest BCUT2D eigenvalue weighted by atomic mass is 9.98. The summed E-state index contributed by atoms with van der Waals surface area (Å²) in [6, 6.07) is 3.40. The van der Waals surface area contributed by atoms with Crippen molar-refractivity contribution in [2.75, 3.05) is 19.6 Å². The Morgan fingerprint density at radius 1 is 1.29 bits per heavy atom. The highest BCUT2D eigenvalue weighted by atomic mass is 35.5. The molecular weight excluding hydrogens is 375 g/mol. The number of halogens is 2. The minimum Gasteiger partial charge on any atom is -0.389 e. The number of β-amino-alcohol motifs (C(OH)–C–C–N with tert-alkyl or cyclic N) is 1. The van der Waals surface area contributed by atoms with Gasteiger partial charge in [0.15, 0.2) is 0 Å². The van der Waals surface area contributed by atoms with Crippen LogP contribution in [0.4, 0.5) is 4.39 Å². The highest BCUT2D eigenvalue weighted by molar-refractivity contribution is 6.31. The average Bonchev–Trinajstić information content (AvgIpc) is 3.14. The van der Waals surface area contributed by atoms with E-state index in [2.05, 4.69) is 30.2 Å². The largest absolute Gasteiger partial charge is 0.389 e. The van der Waals surface area contributed by atoms with Crippen LogP contribution in [-0.2, 0) is 19.4 Å². The molecule has 1 saturated heterocycles. The topological polar surface area (TPSA) is 28.4 Å². The maximum absolute atomic E-state index is 14.3. The summed E-state index contributed by atoms with van der Waals surface area (Å²) >= 11 is 6.12. The van der Waals surface area contributed by atoms with Gasteiger partial charge in [0.25, 0.3) is 0 Å². The van der Waals surface area contributed by atoms with E-state index in [-0.39, 0.29) is 10.8 Å². The zero-order valence-electron chi connectivity index (χ0n) is 17.7. The molecule has 5 heteroatoms. The highest BCUT2D eigenvalue weighted by Crippen LogP contribution is 2.33. The van der Waals surface area contributed by atoms with Crippen molar-refractivity contribution in [1.29, 1.82) is 0 Å². The maximum atomic E-state index is 14.3. The summed E-state index contributed by atoms with van der Waals surface area (Å²) in [6.45, 7) is 11.9. The summed E-state index contributed by atoms with van der Waals surface area (Å²) < 4.78 is 16.6. The third kappa shape index (κ3) is 4.55. The predicted octanol–water partition coefficient (Wildman–Crippen LogP) is 5.43. The monoisotopic (exact) mass is 408 g/mol. The zero-order valence-corrected chi connectivity index (χ0v) is 18.4. The van der Waals surface area contributed by atoms with Crippen LogP contribution < -0.4 is 0 Å². The Morgan fingerprint density at radius 2 is 2.04 bits per heavy atom. The van der Waals surface area contributed by atoms with E-state index in [1.165, 1.54) is 17.7 Å². The molecule has 1 aliphatic rings. The summed E-state index contributed by atoms with van der Waals surface area (Å²) in [5.41, 5.74) is 2.98. The van der Waals surface area contributed by atoms with Crippen LogP contribution in [0.25, 0.3) is 10.9 Å². The molecule has 0 amide bonds. The lowest BCUT2D eigenvalue weighted by Crippen LogP contribution is -2.31. The van der Waals surface area contributed by atoms with E-state index >= 15 is 0 Å². The summed E-state index contributed by atoms with van der Waals surface area (Å²) in [4.78, 5) is 2.31. The van der Waals surface area contributed by atoms with Gasteiger partial charge in [0.05, 0.1) is 16.1 Å². The Morgan fingerprint density at radius 3 is 2.64 bits per heavy atom. The number of benzene rings is 1. The Balaban J connectivity index is 1.95. The molecule has 2 aromatic rings. The van der Waals surface area contributed by atoms with Gasteiger partial charge in [-0.05, 0) is 56.2 Å². The van der Waals surface area contributed by atoms with Gasteiger partial charge in [0.1, 0.15) is 5.82 Å². The van der Waals surface area contributed by atoms with Gasteiger partial charge in [-0.25, -0.2) is 4.39 Å². The van der Waals surface area contributed by atoms with Crippen molar-refractivity contribution in [2.24, 2.45) is 5.92 Å². The SMILES string of the molecule is CCc1c(CCC(C)CC)n(CCN2CCC(C)(O)C2)c2cc(F)c(Cl)cc12. The van der Waals surface area contributed by atoms with Crippen LogP contribution >= 0.6 is 11.6 Å². The number of aliphatic hydroxyl groups is 1. The van der Waals surface area contributed by atoms with Crippen molar-refractivity contribution < 1.29 is 9.50 Å². The first-order valence-electron chi connectivity index (χ1n) is 10.7. The van der Waals surface area contributed by atoms with Crippen LogP contribution in [0.5, 0.6) is 0 Å². The number of rotatable bonds is 8. The highest BCUT2D eigenvalue weighted by Gasteiger charge is 2.31. The van der Waals surface area contributed by atoms with E-state index in [0.29, 0.717) is 12.5 Å². The molecule has 0 radical (unpaired) electrons. The molecule has 3 nitrogen and oxygen atoms in total. The lowest BCUT2D eigenvalue weighted by molar-refractivity contribution is 0.0684. The molecule has 2 heterocycles. The number of nitrogens with zero attached hydrogens (tertiary/aromatic N) is 2. The molecule has 2 unspecified atom stereocenters. The van der Waals surface area contributed by atoms with Crippen LogP contribution in [0.1, 0.15) is 58.2 Å². The van der Waals surface area contributed by atoms with Crippen molar-refractivity contribution in [3.8, 4) is 0 Å². The summed E-state index contributed by atoms with van der Waals surface area (Å²) in [5, 5.41) is 11.5. The number of hydrogen-bond donors (Lipinski definition) is 1. The smallest absolute Gasteiger partial charge is 0.143 e. The van der Waals surface area contributed by atoms with Crippen LogP contribution in [0.3, 0.4) is 0 Å². The second-order valence-electron chi connectivity index (χ2n) is 8.79. The summed E-state index contributed by atoms with van der Waals surface area (Å²) in [7, 11) is 0. The van der Waals surface area contributed by atoms with E-state index in [0.717, 1.165) is 56.2 Å². The molecule has 0 bridgehead atoms. The molecule has 1 fully saturated rings. The Kier molecular flexibility index (Phi) is 6.73. The lowest BCUT2D eigenvalue weighted by Gasteiger charge is -2.21. The van der Waals surface area contributed by atoms with E-state index in [1.807, 2.05) is 6.92 Å². The van der Waals surface area contributed by atoms with Crippen LogP contribution in [0, 0.1) is 11.7 Å². The number of hydrogen-bond acceptors (Lipinski definition) is 2. The van der Waals surface area contributed by atoms with E-state index in [9.17, 15) is 9.50 Å². The summed E-state index contributed by atoms with van der Waals surface area (Å²) in [6.07, 6.45) is 5.04. The van der Waals surface area contributed by atoms with Crippen LogP contribution in [0.15, 0.2) is 12.1 Å². The number of aromatic nitrogens is 1. The molecule has 0 aliphatic carbocycles. The van der Waals surface area contributed by atoms with E-state index in [1.54, 1.807) is 12.1 Å². The Hall–Kier alpha value is -1.10. The minimum atomic E-state index is -0.591. The Bertz CT molecular complexity index is 830. The van der Waals surface area contributed by atoms with Crippen molar-refractivity contribution in [3.63, 3.8) is 0 Å². The zero-order chi connectivity index (χ0) is 20.5. The molecule has 28 heavy (non-hydrogen) atoms. The number of likely N-dealkylation sites (tertiary alicyclic amines) is 1. The van der Waals surface area contributed by atoms with Crippen molar-refractivity contribution >= 4 is 22.5 Å². The summed E-state index contributed by atoms with van der Waals surface area (Å²) in [5.74, 6) is 0.318. The molecule has 0 saturated carbocycles. The molecule has 156 valence electrons. The molecule has 1 N–H and O–H groups in total. The van der Waals surface area contributed by atoms with Crippen molar-refractivity contribution in [2.45, 2.75) is 71.9 Å². The van der Waals surface area contributed by atoms with Gasteiger partial charge in [0.2, 0.25) is 0 Å². The normalized spacial score (nSPS) is 21.7. The van der Waals surface area contributed by atoms with Gasteiger partial charge in [0, 0.05) is 37.3 Å². The first kappa shape index (κ1) is 21.6. The van der Waals surface area contributed by atoms with Crippen LogP contribution in [0.2, 0.25) is 5.02 Å².